The van der Waals surface area contributed by atoms with Crippen molar-refractivity contribution in [2.24, 2.45) is 0 Å². The minimum Gasteiger partial charge on any atom is -0.490 e. The monoisotopic (exact) mass is 423 g/mol. The second kappa shape index (κ2) is 11.6. The Morgan fingerprint density at radius 3 is 2.37 bits per heavy atom. The maximum Gasteiger partial charge on any atom is 0.166 e. The number of hydrogen-bond acceptors (Lipinski definition) is 3. The molecule has 3 nitrogen and oxygen atoms in total. The van der Waals surface area contributed by atoms with Crippen molar-refractivity contribution >= 4 is 11.6 Å². The Bertz CT molecular complexity index is 914. The molecule has 1 unspecified atom stereocenters. The number of rotatable bonds is 11. The fraction of sp³-hybridized carbons (Fsp3) is 0.308. The summed E-state index contributed by atoms with van der Waals surface area (Å²) in [7, 11) is 0. The van der Waals surface area contributed by atoms with Crippen LogP contribution in [0, 0.1) is 0 Å². The van der Waals surface area contributed by atoms with Gasteiger partial charge < -0.3 is 14.8 Å². The standard InChI is InChI=1S/C26H30ClNO2/c1-3-29-25-15-9-13-22(26(25)30-19-23-12-7-8-14-24(23)27)18-28-20(2)16-17-21-10-5-4-6-11-21/h4-15,20,28H,3,16-19H2,1-2H3. The summed E-state index contributed by atoms with van der Waals surface area (Å²) in [4.78, 5) is 0. The molecule has 0 heterocycles. The van der Waals surface area contributed by atoms with Gasteiger partial charge in [0.05, 0.1) is 6.61 Å². The molecule has 0 fully saturated rings. The molecule has 3 aromatic carbocycles. The molecule has 0 amide bonds. The van der Waals surface area contributed by atoms with Gasteiger partial charge in [0, 0.05) is 28.7 Å². The Hall–Kier alpha value is -2.49. The van der Waals surface area contributed by atoms with Crippen LogP contribution in [0.2, 0.25) is 5.02 Å². The summed E-state index contributed by atoms with van der Waals surface area (Å²) >= 11 is 6.30. The molecule has 4 heteroatoms. The maximum atomic E-state index is 6.30. The predicted molar refractivity (Wildman–Crippen MR) is 124 cm³/mol. The molecule has 0 radical (unpaired) electrons. The summed E-state index contributed by atoms with van der Waals surface area (Å²) in [6.07, 6.45) is 2.13. The van der Waals surface area contributed by atoms with Crippen LogP contribution in [0.25, 0.3) is 0 Å². The highest BCUT2D eigenvalue weighted by atomic mass is 35.5. The molecule has 1 atom stereocenters. The van der Waals surface area contributed by atoms with E-state index in [0.29, 0.717) is 30.8 Å². The van der Waals surface area contributed by atoms with Gasteiger partial charge in [-0.15, -0.1) is 0 Å². The lowest BCUT2D eigenvalue weighted by Crippen LogP contribution is -2.26. The Morgan fingerprint density at radius 1 is 0.867 bits per heavy atom. The summed E-state index contributed by atoms with van der Waals surface area (Å²) in [6, 6.07) is 24.8. The summed E-state index contributed by atoms with van der Waals surface area (Å²) in [5.41, 5.74) is 3.41. The third kappa shape index (κ3) is 6.51. The highest BCUT2D eigenvalue weighted by molar-refractivity contribution is 6.31. The van der Waals surface area contributed by atoms with E-state index in [-0.39, 0.29) is 0 Å². The average molecular weight is 424 g/mol. The van der Waals surface area contributed by atoms with E-state index < -0.39 is 0 Å². The van der Waals surface area contributed by atoms with E-state index in [9.17, 15) is 0 Å². The molecule has 30 heavy (non-hydrogen) atoms. The molecule has 0 aliphatic carbocycles. The molecule has 0 aromatic heterocycles. The first-order valence-electron chi connectivity index (χ1n) is 10.6. The number of aryl methyl sites for hydroxylation is 1. The fourth-order valence-electron chi connectivity index (χ4n) is 3.31. The number of benzene rings is 3. The van der Waals surface area contributed by atoms with Gasteiger partial charge in [-0.2, -0.15) is 0 Å². The van der Waals surface area contributed by atoms with Gasteiger partial charge in [-0.25, -0.2) is 0 Å². The first-order chi connectivity index (χ1) is 14.7. The maximum absolute atomic E-state index is 6.30. The van der Waals surface area contributed by atoms with Crippen molar-refractivity contribution in [3.8, 4) is 11.5 Å². The number of halogens is 1. The van der Waals surface area contributed by atoms with Crippen LogP contribution in [0.5, 0.6) is 11.5 Å². The van der Waals surface area contributed by atoms with E-state index >= 15 is 0 Å². The highest BCUT2D eigenvalue weighted by Gasteiger charge is 2.13. The molecule has 3 rings (SSSR count). The largest absolute Gasteiger partial charge is 0.490 e. The number of hydrogen-bond donors (Lipinski definition) is 1. The second-order valence-electron chi connectivity index (χ2n) is 7.36. The van der Waals surface area contributed by atoms with Crippen LogP contribution in [0.1, 0.15) is 37.0 Å². The zero-order valence-corrected chi connectivity index (χ0v) is 18.5. The van der Waals surface area contributed by atoms with E-state index in [2.05, 4.69) is 48.6 Å². The molecule has 0 saturated carbocycles. The first kappa shape index (κ1) is 22.2. The van der Waals surface area contributed by atoms with E-state index in [1.807, 2.05) is 43.3 Å². The Balaban J connectivity index is 1.64. The first-order valence-corrected chi connectivity index (χ1v) is 10.9. The summed E-state index contributed by atoms with van der Waals surface area (Å²) in [5.74, 6) is 1.54. The van der Waals surface area contributed by atoms with Crippen molar-refractivity contribution in [3.05, 3.63) is 94.5 Å². The van der Waals surface area contributed by atoms with Crippen LogP contribution >= 0.6 is 11.6 Å². The van der Waals surface area contributed by atoms with Gasteiger partial charge >= 0.3 is 0 Å². The van der Waals surface area contributed by atoms with Crippen LogP contribution in [0.15, 0.2) is 72.8 Å². The van der Waals surface area contributed by atoms with Gasteiger partial charge in [-0.3, -0.25) is 0 Å². The normalized spacial score (nSPS) is 11.8. The quantitative estimate of drug-likeness (QED) is 0.385. The van der Waals surface area contributed by atoms with Crippen molar-refractivity contribution in [1.82, 2.24) is 5.32 Å². The lowest BCUT2D eigenvalue weighted by molar-refractivity contribution is 0.265. The molecule has 0 bridgehead atoms. The summed E-state index contributed by atoms with van der Waals surface area (Å²) in [6.45, 7) is 5.91. The van der Waals surface area contributed by atoms with Gasteiger partial charge in [0.15, 0.2) is 11.5 Å². The SMILES string of the molecule is CCOc1cccc(CNC(C)CCc2ccccc2)c1OCc1ccccc1Cl. The number of ether oxygens (including phenoxy) is 2. The molecular weight excluding hydrogens is 394 g/mol. The third-order valence-corrected chi connectivity index (χ3v) is 5.41. The van der Waals surface area contributed by atoms with Crippen molar-refractivity contribution < 1.29 is 9.47 Å². The van der Waals surface area contributed by atoms with Gasteiger partial charge in [0.25, 0.3) is 0 Å². The van der Waals surface area contributed by atoms with Crippen molar-refractivity contribution in [3.63, 3.8) is 0 Å². The minimum atomic E-state index is 0.386. The zero-order chi connectivity index (χ0) is 21.2. The third-order valence-electron chi connectivity index (χ3n) is 5.04. The van der Waals surface area contributed by atoms with Crippen molar-refractivity contribution in [2.45, 2.75) is 45.9 Å². The molecule has 158 valence electrons. The van der Waals surface area contributed by atoms with Gasteiger partial charge in [0.1, 0.15) is 6.61 Å². The van der Waals surface area contributed by atoms with Crippen LogP contribution in [-0.4, -0.2) is 12.6 Å². The molecule has 0 saturated heterocycles. The average Bonchev–Trinajstić information content (AvgIpc) is 2.77. The summed E-state index contributed by atoms with van der Waals surface area (Å²) < 4.78 is 12.0. The summed E-state index contributed by atoms with van der Waals surface area (Å²) in [5, 5.41) is 4.34. The van der Waals surface area contributed by atoms with Crippen LogP contribution in [0.4, 0.5) is 0 Å². The Morgan fingerprint density at radius 2 is 1.60 bits per heavy atom. The zero-order valence-electron chi connectivity index (χ0n) is 17.7. The molecule has 0 aliphatic rings. The van der Waals surface area contributed by atoms with Gasteiger partial charge in [0.2, 0.25) is 0 Å². The Labute approximate surface area is 185 Å². The van der Waals surface area contributed by atoms with Gasteiger partial charge in [-0.1, -0.05) is 72.3 Å². The predicted octanol–water partition coefficient (Wildman–Crippen LogP) is 6.43. The van der Waals surface area contributed by atoms with Crippen molar-refractivity contribution in [1.29, 1.82) is 0 Å². The number of para-hydroxylation sites is 1. The van der Waals surface area contributed by atoms with Crippen molar-refractivity contribution in [2.75, 3.05) is 6.61 Å². The molecule has 0 aliphatic heterocycles. The topological polar surface area (TPSA) is 30.5 Å². The van der Waals surface area contributed by atoms with Crippen LogP contribution in [0.3, 0.4) is 0 Å². The molecule has 1 N–H and O–H groups in total. The minimum absolute atomic E-state index is 0.386. The fourth-order valence-corrected chi connectivity index (χ4v) is 3.50. The van der Waals surface area contributed by atoms with Crippen LogP contribution in [-0.2, 0) is 19.6 Å². The second-order valence-corrected chi connectivity index (χ2v) is 7.77. The highest BCUT2D eigenvalue weighted by Crippen LogP contribution is 2.33. The molecular formula is C26H30ClNO2. The van der Waals surface area contributed by atoms with Crippen LogP contribution < -0.4 is 14.8 Å². The van der Waals surface area contributed by atoms with E-state index in [0.717, 1.165) is 35.5 Å². The smallest absolute Gasteiger partial charge is 0.166 e. The number of nitrogens with one attached hydrogen (secondary N) is 1. The Kier molecular flexibility index (Phi) is 8.61. The van der Waals surface area contributed by atoms with E-state index in [4.69, 9.17) is 21.1 Å². The molecule has 3 aromatic rings. The lowest BCUT2D eigenvalue weighted by Gasteiger charge is -2.19. The molecule has 0 spiro atoms. The lowest BCUT2D eigenvalue weighted by atomic mass is 10.1. The van der Waals surface area contributed by atoms with Gasteiger partial charge in [-0.05, 0) is 44.4 Å². The van der Waals surface area contributed by atoms with E-state index in [1.165, 1.54) is 5.56 Å². The van der Waals surface area contributed by atoms with E-state index in [1.54, 1.807) is 0 Å².